The highest BCUT2D eigenvalue weighted by Gasteiger charge is 2.28. The molecular formula is C9H12N2O3. The van der Waals surface area contributed by atoms with Gasteiger partial charge in [0, 0.05) is 11.4 Å². The first kappa shape index (κ1) is 9.05. The molecule has 1 aromatic rings. The van der Waals surface area contributed by atoms with E-state index < -0.39 is 0 Å². The average molecular weight is 196 g/mol. The van der Waals surface area contributed by atoms with E-state index in [1.807, 2.05) is 0 Å². The van der Waals surface area contributed by atoms with Crippen LogP contribution >= 0.6 is 0 Å². The third-order valence-electron chi connectivity index (χ3n) is 2.44. The Kier molecular flexibility index (Phi) is 2.15. The molecule has 0 saturated heterocycles. The molecule has 0 fully saturated rings. The van der Waals surface area contributed by atoms with Gasteiger partial charge in [-0.3, -0.25) is 0 Å². The molecule has 1 heterocycles. The zero-order chi connectivity index (χ0) is 10.1. The van der Waals surface area contributed by atoms with E-state index in [0.29, 0.717) is 5.88 Å². The minimum atomic E-state index is 0.0579. The van der Waals surface area contributed by atoms with Crippen molar-refractivity contribution in [3.63, 3.8) is 0 Å². The molecule has 0 atom stereocenters. The topological polar surface area (TPSA) is 58.3 Å². The molecule has 5 nitrogen and oxygen atoms in total. The van der Waals surface area contributed by atoms with Crippen LogP contribution in [0.15, 0.2) is 0 Å². The van der Waals surface area contributed by atoms with Gasteiger partial charge in [0.2, 0.25) is 0 Å². The SMILES string of the molecule is COc1nc(OC)[n+]([O-])c2c1CCC2. The fourth-order valence-corrected chi connectivity index (χ4v) is 1.79. The molecule has 0 saturated carbocycles. The van der Waals surface area contributed by atoms with Crippen LogP contribution in [0, 0.1) is 5.21 Å². The molecule has 0 bridgehead atoms. The smallest absolute Gasteiger partial charge is 0.505 e. The molecule has 76 valence electrons. The monoisotopic (exact) mass is 196 g/mol. The molecule has 14 heavy (non-hydrogen) atoms. The number of hydrogen-bond donors (Lipinski definition) is 0. The molecule has 0 radical (unpaired) electrons. The first-order valence-corrected chi connectivity index (χ1v) is 4.51. The van der Waals surface area contributed by atoms with Crippen LogP contribution in [-0.4, -0.2) is 19.2 Å². The quantitative estimate of drug-likeness (QED) is 0.501. The van der Waals surface area contributed by atoms with Crippen molar-refractivity contribution in [3.05, 3.63) is 16.5 Å². The van der Waals surface area contributed by atoms with Crippen molar-refractivity contribution in [2.24, 2.45) is 0 Å². The Bertz CT molecular complexity index is 366. The lowest BCUT2D eigenvalue weighted by Crippen LogP contribution is -2.35. The molecule has 1 aliphatic carbocycles. The number of methoxy groups -OCH3 is 2. The molecule has 1 aromatic heterocycles. The first-order chi connectivity index (χ1) is 6.77. The highest BCUT2D eigenvalue weighted by molar-refractivity contribution is 5.32. The summed E-state index contributed by atoms with van der Waals surface area (Å²) >= 11 is 0. The van der Waals surface area contributed by atoms with Gasteiger partial charge in [-0.05, 0) is 12.8 Å². The predicted octanol–water partition coefficient (Wildman–Crippen LogP) is 0.221. The minimum absolute atomic E-state index is 0.0579. The highest BCUT2D eigenvalue weighted by Crippen LogP contribution is 2.27. The summed E-state index contributed by atoms with van der Waals surface area (Å²) in [4.78, 5) is 3.99. The van der Waals surface area contributed by atoms with Crippen molar-refractivity contribution in [2.75, 3.05) is 14.2 Å². The number of ether oxygens (including phenoxy) is 2. The summed E-state index contributed by atoms with van der Waals surface area (Å²) in [5.41, 5.74) is 1.65. The third kappa shape index (κ3) is 1.16. The Morgan fingerprint density at radius 2 is 2.07 bits per heavy atom. The van der Waals surface area contributed by atoms with Gasteiger partial charge in [0.25, 0.3) is 0 Å². The maximum atomic E-state index is 11.6. The maximum Gasteiger partial charge on any atom is 0.505 e. The average Bonchev–Trinajstić information content (AvgIpc) is 2.68. The number of aromatic nitrogens is 2. The van der Waals surface area contributed by atoms with E-state index in [2.05, 4.69) is 4.98 Å². The lowest BCUT2D eigenvalue weighted by Gasteiger charge is -2.10. The van der Waals surface area contributed by atoms with Crippen LogP contribution in [0.3, 0.4) is 0 Å². The number of rotatable bonds is 2. The minimum Gasteiger partial charge on any atom is -0.708 e. The Morgan fingerprint density at radius 1 is 1.29 bits per heavy atom. The van der Waals surface area contributed by atoms with Crippen molar-refractivity contribution >= 4 is 0 Å². The zero-order valence-corrected chi connectivity index (χ0v) is 8.24. The normalized spacial score (nSPS) is 13.9. The van der Waals surface area contributed by atoms with Gasteiger partial charge >= 0.3 is 11.9 Å². The van der Waals surface area contributed by atoms with Gasteiger partial charge in [-0.1, -0.05) is 0 Å². The summed E-state index contributed by atoms with van der Waals surface area (Å²) in [6, 6.07) is 0.0579. The van der Waals surface area contributed by atoms with Gasteiger partial charge in [-0.15, -0.1) is 0 Å². The van der Waals surface area contributed by atoms with E-state index in [0.717, 1.165) is 35.3 Å². The lowest BCUT2D eigenvalue weighted by molar-refractivity contribution is -0.623. The van der Waals surface area contributed by atoms with Crippen LogP contribution in [0.25, 0.3) is 0 Å². The summed E-state index contributed by atoms with van der Waals surface area (Å²) < 4.78 is 10.7. The number of nitrogens with zero attached hydrogens (tertiary/aromatic N) is 2. The summed E-state index contributed by atoms with van der Waals surface area (Å²) in [5.74, 6) is 0.515. The Morgan fingerprint density at radius 3 is 2.71 bits per heavy atom. The molecule has 5 heteroatoms. The second-order valence-electron chi connectivity index (χ2n) is 3.18. The molecular weight excluding hydrogens is 184 g/mol. The second-order valence-corrected chi connectivity index (χ2v) is 3.18. The van der Waals surface area contributed by atoms with Crippen LogP contribution in [-0.2, 0) is 12.8 Å². The Balaban J connectivity index is 2.60. The van der Waals surface area contributed by atoms with Crippen molar-refractivity contribution in [2.45, 2.75) is 19.3 Å². The zero-order valence-electron chi connectivity index (χ0n) is 8.24. The van der Waals surface area contributed by atoms with Gasteiger partial charge in [0.05, 0.1) is 19.8 Å². The Hall–Kier alpha value is -1.52. The standard InChI is InChI=1S/C9H12N2O3/c1-13-8-6-4-3-5-7(6)11(12)9(10-8)14-2/h3-5H2,1-2H3. The van der Waals surface area contributed by atoms with Crippen molar-refractivity contribution < 1.29 is 14.2 Å². The maximum absolute atomic E-state index is 11.6. The van der Waals surface area contributed by atoms with Gasteiger partial charge in [-0.25, -0.2) is 0 Å². The summed E-state index contributed by atoms with van der Waals surface area (Å²) in [5, 5.41) is 11.6. The molecule has 2 rings (SSSR count). The van der Waals surface area contributed by atoms with Crippen molar-refractivity contribution in [1.29, 1.82) is 0 Å². The van der Waals surface area contributed by atoms with Crippen LogP contribution in [0.5, 0.6) is 11.9 Å². The van der Waals surface area contributed by atoms with Crippen LogP contribution < -0.4 is 14.2 Å². The largest absolute Gasteiger partial charge is 0.708 e. The molecule has 0 unspecified atom stereocenters. The van der Waals surface area contributed by atoms with Gasteiger partial charge in [0.15, 0.2) is 0 Å². The fourth-order valence-electron chi connectivity index (χ4n) is 1.79. The predicted molar refractivity (Wildman–Crippen MR) is 48.3 cm³/mol. The second kappa shape index (κ2) is 3.32. The Labute approximate surface area is 81.9 Å². The van der Waals surface area contributed by atoms with Gasteiger partial charge in [-0.2, -0.15) is 4.73 Å². The summed E-state index contributed by atoms with van der Waals surface area (Å²) in [6.07, 6.45) is 2.61. The fraction of sp³-hybridized carbons (Fsp3) is 0.556. The molecule has 0 aromatic carbocycles. The van der Waals surface area contributed by atoms with Crippen molar-refractivity contribution in [1.82, 2.24) is 4.98 Å². The summed E-state index contributed by atoms with van der Waals surface area (Å²) in [6.45, 7) is 0. The molecule has 0 aliphatic heterocycles. The van der Waals surface area contributed by atoms with Crippen LogP contribution in [0.2, 0.25) is 0 Å². The molecule has 0 amide bonds. The van der Waals surface area contributed by atoms with E-state index in [1.165, 1.54) is 7.11 Å². The van der Waals surface area contributed by atoms with E-state index in [9.17, 15) is 5.21 Å². The van der Waals surface area contributed by atoms with E-state index in [-0.39, 0.29) is 6.01 Å². The van der Waals surface area contributed by atoms with E-state index in [4.69, 9.17) is 9.47 Å². The lowest BCUT2D eigenvalue weighted by atomic mass is 10.2. The first-order valence-electron chi connectivity index (χ1n) is 4.51. The van der Waals surface area contributed by atoms with Crippen LogP contribution in [0.1, 0.15) is 17.7 Å². The van der Waals surface area contributed by atoms with Crippen LogP contribution in [0.4, 0.5) is 0 Å². The highest BCUT2D eigenvalue weighted by atomic mass is 16.6. The number of hydrogen-bond acceptors (Lipinski definition) is 4. The van der Waals surface area contributed by atoms with E-state index in [1.54, 1.807) is 7.11 Å². The third-order valence-corrected chi connectivity index (χ3v) is 2.44. The number of fused-ring (bicyclic) bond motifs is 1. The summed E-state index contributed by atoms with van der Waals surface area (Å²) in [7, 11) is 2.98. The van der Waals surface area contributed by atoms with Gasteiger partial charge < -0.3 is 14.7 Å². The van der Waals surface area contributed by atoms with Gasteiger partial charge in [0.1, 0.15) is 5.69 Å². The molecule has 0 N–H and O–H groups in total. The van der Waals surface area contributed by atoms with E-state index >= 15 is 0 Å². The van der Waals surface area contributed by atoms with Crippen molar-refractivity contribution in [3.8, 4) is 11.9 Å². The molecule has 1 aliphatic rings. The molecule has 0 spiro atoms.